The number of hydrogen-bond donors (Lipinski definition) is 0. The molecule has 23 heavy (non-hydrogen) atoms. The van der Waals surface area contributed by atoms with Gasteiger partial charge in [-0.15, -0.1) is 0 Å². The smallest absolute Gasteiger partial charge is 0.410 e. The highest BCUT2D eigenvalue weighted by molar-refractivity contribution is 6.04. The number of likely N-dealkylation sites (tertiary alicyclic amines) is 1. The first-order chi connectivity index (χ1) is 11.0. The third kappa shape index (κ3) is 3.88. The molecule has 1 heterocycles. The van der Waals surface area contributed by atoms with Crippen LogP contribution in [0.5, 0.6) is 0 Å². The van der Waals surface area contributed by atoms with Crippen molar-refractivity contribution in [1.82, 2.24) is 4.90 Å². The van der Waals surface area contributed by atoms with Crippen molar-refractivity contribution < 1.29 is 23.9 Å². The summed E-state index contributed by atoms with van der Waals surface area (Å²) in [5.74, 6) is -0.798. The second-order valence-corrected chi connectivity index (χ2v) is 5.69. The van der Waals surface area contributed by atoms with E-state index in [4.69, 9.17) is 9.47 Å². The Bertz CT molecular complexity index is 586. The first-order valence-corrected chi connectivity index (χ1v) is 7.63. The SMILES string of the molecule is CCOC(=O)C1(C)CN(C(=O)OCc2ccccc2)CCC1=O. The molecule has 1 fully saturated rings. The van der Waals surface area contributed by atoms with E-state index >= 15 is 0 Å². The zero-order valence-electron chi connectivity index (χ0n) is 13.4. The van der Waals surface area contributed by atoms with E-state index in [1.54, 1.807) is 6.92 Å². The lowest BCUT2D eigenvalue weighted by atomic mass is 9.81. The van der Waals surface area contributed by atoms with Gasteiger partial charge in [-0.05, 0) is 19.4 Å². The van der Waals surface area contributed by atoms with Crippen LogP contribution < -0.4 is 0 Å². The number of ketones is 1. The van der Waals surface area contributed by atoms with Crippen LogP contribution in [-0.4, -0.2) is 42.4 Å². The van der Waals surface area contributed by atoms with Gasteiger partial charge < -0.3 is 14.4 Å². The van der Waals surface area contributed by atoms with Crippen LogP contribution in [0.3, 0.4) is 0 Å². The average molecular weight is 319 g/mol. The van der Waals surface area contributed by atoms with Crippen LogP contribution in [-0.2, 0) is 25.7 Å². The number of Topliss-reactive ketones (excluding diaryl/α,β-unsaturated/α-hetero) is 1. The van der Waals surface area contributed by atoms with Crippen molar-refractivity contribution in [2.45, 2.75) is 26.9 Å². The highest BCUT2D eigenvalue weighted by Gasteiger charge is 2.47. The molecule has 0 radical (unpaired) electrons. The van der Waals surface area contributed by atoms with Crippen LogP contribution in [0.1, 0.15) is 25.8 Å². The van der Waals surface area contributed by atoms with Gasteiger partial charge in [0.05, 0.1) is 6.61 Å². The predicted octanol–water partition coefficient (Wildman–Crippen LogP) is 2.17. The first-order valence-electron chi connectivity index (χ1n) is 7.63. The number of amides is 1. The molecule has 6 nitrogen and oxygen atoms in total. The Labute approximate surface area is 135 Å². The molecule has 1 unspecified atom stereocenters. The summed E-state index contributed by atoms with van der Waals surface area (Å²) in [5, 5.41) is 0. The molecule has 0 spiro atoms. The van der Waals surface area contributed by atoms with Gasteiger partial charge in [-0.3, -0.25) is 9.59 Å². The summed E-state index contributed by atoms with van der Waals surface area (Å²) in [6.45, 7) is 3.78. The van der Waals surface area contributed by atoms with Gasteiger partial charge in [-0.1, -0.05) is 30.3 Å². The molecule has 1 atom stereocenters. The van der Waals surface area contributed by atoms with Gasteiger partial charge in [0.1, 0.15) is 12.0 Å². The van der Waals surface area contributed by atoms with Crippen molar-refractivity contribution in [3.05, 3.63) is 35.9 Å². The minimum Gasteiger partial charge on any atom is -0.465 e. The van der Waals surface area contributed by atoms with Crippen LogP contribution in [0, 0.1) is 5.41 Å². The molecule has 1 aromatic carbocycles. The molecular weight excluding hydrogens is 298 g/mol. The number of ether oxygens (including phenoxy) is 2. The molecule has 1 aromatic rings. The molecule has 0 aliphatic carbocycles. The Morgan fingerprint density at radius 1 is 1.22 bits per heavy atom. The molecule has 6 heteroatoms. The molecule has 0 bridgehead atoms. The molecule has 1 saturated heterocycles. The number of piperidine rings is 1. The third-order valence-corrected chi connectivity index (χ3v) is 3.92. The summed E-state index contributed by atoms with van der Waals surface area (Å²) in [6, 6.07) is 9.32. The van der Waals surface area contributed by atoms with E-state index < -0.39 is 17.5 Å². The maximum atomic E-state index is 12.2. The van der Waals surface area contributed by atoms with E-state index in [0.29, 0.717) is 0 Å². The number of carbonyl (C=O) groups is 3. The Morgan fingerprint density at radius 3 is 2.57 bits per heavy atom. The molecule has 1 aliphatic rings. The van der Waals surface area contributed by atoms with E-state index in [1.165, 1.54) is 11.8 Å². The topological polar surface area (TPSA) is 72.9 Å². The minimum absolute atomic E-state index is 0.0156. The first kappa shape index (κ1) is 17.0. The summed E-state index contributed by atoms with van der Waals surface area (Å²) in [5.41, 5.74) is -0.442. The standard InChI is InChI=1S/C17H21NO5/c1-3-22-15(20)17(2)12-18(10-9-14(17)19)16(21)23-11-13-7-5-4-6-8-13/h4-8H,3,9-12H2,1-2H3. The summed E-state index contributed by atoms with van der Waals surface area (Å²) >= 11 is 0. The van der Waals surface area contributed by atoms with Gasteiger partial charge in [-0.2, -0.15) is 0 Å². The normalized spacial score (nSPS) is 21.0. The van der Waals surface area contributed by atoms with Crippen molar-refractivity contribution in [3.63, 3.8) is 0 Å². The van der Waals surface area contributed by atoms with Crippen molar-refractivity contribution in [3.8, 4) is 0 Å². The quantitative estimate of drug-likeness (QED) is 0.628. The summed E-state index contributed by atoms with van der Waals surface area (Å²) < 4.78 is 10.2. The van der Waals surface area contributed by atoms with E-state index in [-0.39, 0.29) is 38.5 Å². The maximum Gasteiger partial charge on any atom is 0.410 e. The fourth-order valence-electron chi connectivity index (χ4n) is 2.50. The lowest BCUT2D eigenvalue weighted by molar-refractivity contribution is -0.162. The van der Waals surface area contributed by atoms with Crippen molar-refractivity contribution in [2.24, 2.45) is 5.41 Å². The Morgan fingerprint density at radius 2 is 1.91 bits per heavy atom. The van der Waals surface area contributed by atoms with E-state index in [9.17, 15) is 14.4 Å². The van der Waals surface area contributed by atoms with Gasteiger partial charge in [0.25, 0.3) is 0 Å². The van der Waals surface area contributed by atoms with Crippen molar-refractivity contribution in [1.29, 1.82) is 0 Å². The summed E-state index contributed by atoms with van der Waals surface area (Å²) in [7, 11) is 0. The second-order valence-electron chi connectivity index (χ2n) is 5.69. The number of rotatable bonds is 4. The monoisotopic (exact) mass is 319 g/mol. The van der Waals surface area contributed by atoms with Crippen LogP contribution >= 0.6 is 0 Å². The molecule has 0 N–H and O–H groups in total. The van der Waals surface area contributed by atoms with Gasteiger partial charge >= 0.3 is 12.1 Å². The number of nitrogens with zero attached hydrogens (tertiary/aromatic N) is 1. The maximum absolute atomic E-state index is 12.2. The third-order valence-electron chi connectivity index (χ3n) is 3.92. The van der Waals surface area contributed by atoms with Gasteiger partial charge in [0.2, 0.25) is 0 Å². The second kappa shape index (κ2) is 7.26. The Balaban J connectivity index is 1.98. The molecular formula is C17H21NO5. The van der Waals surface area contributed by atoms with E-state index in [1.807, 2.05) is 30.3 Å². The highest BCUT2D eigenvalue weighted by atomic mass is 16.6. The zero-order valence-corrected chi connectivity index (χ0v) is 13.4. The number of esters is 1. The molecule has 0 aromatic heterocycles. The number of benzene rings is 1. The van der Waals surface area contributed by atoms with Crippen LogP contribution in [0.2, 0.25) is 0 Å². The van der Waals surface area contributed by atoms with Gasteiger partial charge in [0.15, 0.2) is 5.78 Å². The molecule has 124 valence electrons. The van der Waals surface area contributed by atoms with E-state index in [0.717, 1.165) is 5.56 Å². The van der Waals surface area contributed by atoms with Gasteiger partial charge in [0, 0.05) is 19.5 Å². The lowest BCUT2D eigenvalue weighted by Gasteiger charge is -2.36. The fraction of sp³-hybridized carbons (Fsp3) is 0.471. The van der Waals surface area contributed by atoms with Gasteiger partial charge in [-0.25, -0.2) is 4.79 Å². The average Bonchev–Trinajstić information content (AvgIpc) is 2.56. The highest BCUT2D eigenvalue weighted by Crippen LogP contribution is 2.28. The lowest BCUT2D eigenvalue weighted by Crippen LogP contribution is -2.54. The van der Waals surface area contributed by atoms with E-state index in [2.05, 4.69) is 0 Å². The predicted molar refractivity (Wildman–Crippen MR) is 82.6 cm³/mol. The fourth-order valence-corrected chi connectivity index (χ4v) is 2.50. The molecule has 2 rings (SSSR count). The zero-order chi connectivity index (χ0) is 16.9. The van der Waals surface area contributed by atoms with Crippen LogP contribution in [0.4, 0.5) is 4.79 Å². The number of hydrogen-bond acceptors (Lipinski definition) is 5. The molecule has 1 amide bonds. The summed E-state index contributed by atoms with van der Waals surface area (Å²) in [6.07, 6.45) is -0.410. The Kier molecular flexibility index (Phi) is 5.36. The van der Waals surface area contributed by atoms with Crippen LogP contribution in [0.25, 0.3) is 0 Å². The van der Waals surface area contributed by atoms with Crippen LogP contribution in [0.15, 0.2) is 30.3 Å². The van der Waals surface area contributed by atoms with Crippen molar-refractivity contribution >= 4 is 17.8 Å². The molecule has 0 saturated carbocycles. The largest absolute Gasteiger partial charge is 0.465 e. The molecule has 1 aliphatic heterocycles. The Hall–Kier alpha value is -2.37. The summed E-state index contributed by atoms with van der Waals surface area (Å²) in [4.78, 5) is 37.7. The van der Waals surface area contributed by atoms with Crippen molar-refractivity contribution in [2.75, 3.05) is 19.7 Å². The number of carbonyl (C=O) groups excluding carboxylic acids is 3. The minimum atomic E-state index is -1.32.